The molecule has 0 aliphatic carbocycles. The smallest absolute Gasteiger partial charge is 0.343 e. The van der Waals surface area contributed by atoms with Crippen LogP contribution in [0.25, 0.3) is 11.8 Å². The van der Waals surface area contributed by atoms with E-state index in [4.69, 9.17) is 14.2 Å². The zero-order chi connectivity index (χ0) is 24.1. The molecule has 0 bridgehead atoms. The average Bonchev–Trinajstić information content (AvgIpc) is 3.19. The second kappa shape index (κ2) is 10.0. The van der Waals surface area contributed by atoms with Gasteiger partial charge in [0.2, 0.25) is 0 Å². The van der Waals surface area contributed by atoms with Crippen LogP contribution in [-0.4, -0.2) is 17.5 Å². The minimum absolute atomic E-state index is 0.0289. The van der Waals surface area contributed by atoms with Gasteiger partial charge in [-0.15, -0.1) is 0 Å². The Balaban J connectivity index is 1.52. The number of aryl methyl sites for hydroxylation is 1. The highest BCUT2D eigenvalue weighted by molar-refractivity contribution is 6.05. The number of hydrogen-bond donors (Lipinski definition) is 0. The van der Waals surface area contributed by atoms with Crippen LogP contribution < -0.4 is 9.47 Å². The van der Waals surface area contributed by atoms with E-state index >= 15 is 0 Å². The molecule has 0 radical (unpaired) electrons. The third kappa shape index (κ3) is 5.32. The van der Waals surface area contributed by atoms with Gasteiger partial charge in [0.15, 0.2) is 11.5 Å². The zero-order valence-electron chi connectivity index (χ0n) is 18.8. The van der Waals surface area contributed by atoms with E-state index in [0.29, 0.717) is 29.4 Å². The molecule has 0 spiro atoms. The number of nitro groups is 1. The number of rotatable bonds is 8. The van der Waals surface area contributed by atoms with Crippen molar-refractivity contribution in [2.75, 3.05) is 6.61 Å². The number of nitro benzene ring substituents is 1. The molecule has 0 atom stereocenters. The lowest BCUT2D eigenvalue weighted by Gasteiger charge is -2.13. The van der Waals surface area contributed by atoms with E-state index in [1.807, 2.05) is 44.2 Å². The number of nitrogens with zero attached hydrogens (tertiary/aromatic N) is 1. The van der Waals surface area contributed by atoms with Crippen LogP contribution in [-0.2, 0) is 16.1 Å². The van der Waals surface area contributed by atoms with Crippen LogP contribution in [0, 0.1) is 17.0 Å². The highest BCUT2D eigenvalue weighted by Crippen LogP contribution is 2.32. The highest BCUT2D eigenvalue weighted by atomic mass is 16.6. The van der Waals surface area contributed by atoms with E-state index in [1.54, 1.807) is 36.4 Å². The Morgan fingerprint density at radius 1 is 0.971 bits per heavy atom. The lowest BCUT2D eigenvalue weighted by molar-refractivity contribution is -0.384. The summed E-state index contributed by atoms with van der Waals surface area (Å²) in [5.74, 6) is 1.18. The van der Waals surface area contributed by atoms with Crippen molar-refractivity contribution >= 4 is 23.5 Å². The van der Waals surface area contributed by atoms with Crippen molar-refractivity contribution in [1.29, 1.82) is 0 Å². The van der Waals surface area contributed by atoms with Crippen LogP contribution >= 0.6 is 0 Å². The summed E-state index contributed by atoms with van der Waals surface area (Å²) in [6, 6.07) is 19.4. The Bertz CT molecular complexity index is 1270. The van der Waals surface area contributed by atoms with Gasteiger partial charge in [-0.1, -0.05) is 35.9 Å². The normalized spacial score (nSPS) is 14.0. The van der Waals surface area contributed by atoms with Gasteiger partial charge in [-0.05, 0) is 61.4 Å². The molecule has 34 heavy (non-hydrogen) atoms. The fourth-order valence-electron chi connectivity index (χ4n) is 3.41. The molecule has 0 fully saturated rings. The topological polar surface area (TPSA) is 87.9 Å². The van der Waals surface area contributed by atoms with Crippen LogP contribution in [0.3, 0.4) is 0 Å². The molecule has 1 aliphatic rings. The summed E-state index contributed by atoms with van der Waals surface area (Å²) in [5, 5.41) is 10.8. The average molecular weight is 457 g/mol. The number of esters is 1. The van der Waals surface area contributed by atoms with E-state index in [2.05, 4.69) is 0 Å². The second-order valence-corrected chi connectivity index (χ2v) is 7.72. The summed E-state index contributed by atoms with van der Waals surface area (Å²) in [7, 11) is 0. The Kier molecular flexibility index (Phi) is 6.73. The number of ether oxygens (including phenoxy) is 3. The highest BCUT2D eigenvalue weighted by Gasteiger charge is 2.22. The summed E-state index contributed by atoms with van der Waals surface area (Å²) in [4.78, 5) is 22.8. The number of carbonyl (C=O) groups excluding carboxylic acids is 1. The molecule has 4 rings (SSSR count). The molecule has 1 heterocycles. The first-order chi connectivity index (χ1) is 16.4. The van der Waals surface area contributed by atoms with Gasteiger partial charge in [0, 0.05) is 17.7 Å². The Morgan fingerprint density at radius 2 is 1.71 bits per heavy atom. The summed E-state index contributed by atoms with van der Waals surface area (Å²) in [6.07, 6.45) is 3.47. The van der Waals surface area contributed by atoms with E-state index in [1.165, 1.54) is 12.1 Å². The Labute approximate surface area is 197 Å². The van der Waals surface area contributed by atoms with Crippen LogP contribution in [0.5, 0.6) is 11.5 Å². The van der Waals surface area contributed by atoms with Crippen molar-refractivity contribution in [2.24, 2.45) is 0 Å². The predicted octanol–water partition coefficient (Wildman–Crippen LogP) is 5.86. The maximum absolute atomic E-state index is 12.4. The third-order valence-electron chi connectivity index (χ3n) is 5.19. The third-order valence-corrected chi connectivity index (χ3v) is 5.19. The van der Waals surface area contributed by atoms with Gasteiger partial charge in [0.05, 0.1) is 17.1 Å². The molecule has 0 saturated heterocycles. The summed E-state index contributed by atoms with van der Waals surface area (Å²) in [5.41, 5.74) is 4.00. The van der Waals surface area contributed by atoms with Crippen molar-refractivity contribution in [3.05, 3.63) is 111 Å². The lowest BCUT2D eigenvalue weighted by Crippen LogP contribution is -2.00. The number of carbonyl (C=O) groups is 1. The Hall–Kier alpha value is -4.39. The van der Waals surface area contributed by atoms with Crippen molar-refractivity contribution in [2.45, 2.75) is 20.5 Å². The standard InChI is InChI=1S/C27H23NO6/c1-3-32-26-15-20(8-13-24(26)33-17-19-6-11-23(12-7-19)28(30)31)14-22-16-25(34-27(22)29)21-9-4-18(2)5-10-21/h4-16H,3,17H2,1-2H3/b22-14+. The van der Waals surface area contributed by atoms with Crippen LogP contribution in [0.2, 0.25) is 0 Å². The molecular formula is C27H23NO6. The van der Waals surface area contributed by atoms with Gasteiger partial charge in [0.25, 0.3) is 5.69 Å². The fraction of sp³-hybridized carbons (Fsp3) is 0.148. The van der Waals surface area contributed by atoms with E-state index in [0.717, 1.165) is 22.3 Å². The lowest BCUT2D eigenvalue weighted by atomic mass is 10.1. The van der Waals surface area contributed by atoms with Gasteiger partial charge >= 0.3 is 5.97 Å². The van der Waals surface area contributed by atoms with E-state index < -0.39 is 10.9 Å². The number of benzene rings is 3. The van der Waals surface area contributed by atoms with Crippen molar-refractivity contribution in [1.82, 2.24) is 0 Å². The number of hydrogen-bond acceptors (Lipinski definition) is 6. The summed E-state index contributed by atoms with van der Waals surface area (Å²) < 4.78 is 17.1. The minimum Gasteiger partial charge on any atom is -0.490 e. The molecule has 1 aliphatic heterocycles. The molecule has 7 heteroatoms. The molecule has 0 unspecified atom stereocenters. The fourth-order valence-corrected chi connectivity index (χ4v) is 3.41. The van der Waals surface area contributed by atoms with Gasteiger partial charge in [-0.25, -0.2) is 4.79 Å². The predicted molar refractivity (Wildman–Crippen MR) is 128 cm³/mol. The first-order valence-electron chi connectivity index (χ1n) is 10.8. The second-order valence-electron chi connectivity index (χ2n) is 7.72. The molecule has 7 nitrogen and oxygen atoms in total. The molecule has 0 N–H and O–H groups in total. The van der Waals surface area contributed by atoms with Gasteiger partial charge in [-0.2, -0.15) is 0 Å². The number of non-ortho nitro benzene ring substituents is 1. The van der Waals surface area contributed by atoms with Gasteiger partial charge in [0.1, 0.15) is 12.4 Å². The quantitative estimate of drug-likeness (QED) is 0.182. The van der Waals surface area contributed by atoms with E-state index in [-0.39, 0.29) is 12.3 Å². The summed E-state index contributed by atoms with van der Waals surface area (Å²) in [6.45, 7) is 4.54. The van der Waals surface area contributed by atoms with Crippen molar-refractivity contribution < 1.29 is 23.9 Å². The molecule has 3 aromatic rings. The monoisotopic (exact) mass is 457 g/mol. The van der Waals surface area contributed by atoms with Crippen LogP contribution in [0.1, 0.15) is 29.2 Å². The molecular weight excluding hydrogens is 434 g/mol. The van der Waals surface area contributed by atoms with Gasteiger partial charge < -0.3 is 14.2 Å². The maximum atomic E-state index is 12.4. The van der Waals surface area contributed by atoms with E-state index in [9.17, 15) is 14.9 Å². The summed E-state index contributed by atoms with van der Waals surface area (Å²) >= 11 is 0. The van der Waals surface area contributed by atoms with Crippen molar-refractivity contribution in [3.8, 4) is 11.5 Å². The van der Waals surface area contributed by atoms with Gasteiger partial charge in [-0.3, -0.25) is 10.1 Å². The SMILES string of the molecule is CCOc1cc(/C=C2\C=C(c3ccc(C)cc3)OC2=O)ccc1OCc1ccc([N+](=O)[O-])cc1. The zero-order valence-corrected chi connectivity index (χ0v) is 18.8. The molecule has 172 valence electrons. The van der Waals surface area contributed by atoms with Crippen LogP contribution in [0.4, 0.5) is 5.69 Å². The maximum Gasteiger partial charge on any atom is 0.343 e. The van der Waals surface area contributed by atoms with Crippen LogP contribution in [0.15, 0.2) is 78.4 Å². The molecule has 0 aromatic heterocycles. The molecule has 3 aromatic carbocycles. The minimum atomic E-state index is -0.440. The molecule has 0 saturated carbocycles. The number of cyclic esters (lactones) is 1. The van der Waals surface area contributed by atoms with Crippen molar-refractivity contribution in [3.63, 3.8) is 0 Å². The first kappa shape index (κ1) is 22.8. The largest absolute Gasteiger partial charge is 0.490 e. The Morgan fingerprint density at radius 3 is 2.38 bits per heavy atom. The molecule has 0 amide bonds. The first-order valence-corrected chi connectivity index (χ1v) is 10.8.